The summed E-state index contributed by atoms with van der Waals surface area (Å²) in [5, 5.41) is 0. The Morgan fingerprint density at radius 3 is 2.73 bits per heavy atom. The zero-order valence-corrected chi connectivity index (χ0v) is 13.5. The van der Waals surface area contributed by atoms with Crippen LogP contribution in [0.5, 0.6) is 0 Å². The molecular weight excluding hydrogens is 270 g/mol. The quantitative estimate of drug-likeness (QED) is 0.737. The molecule has 0 saturated carbocycles. The maximum absolute atomic E-state index is 5.80. The molecule has 2 aliphatic heterocycles. The average molecular weight is 295 g/mol. The Labute approximate surface area is 133 Å². The molecule has 2 heterocycles. The predicted octanol–water partition coefficient (Wildman–Crippen LogP) is 3.37. The van der Waals surface area contributed by atoms with Crippen molar-refractivity contribution in [3.63, 3.8) is 0 Å². The first-order valence-electron chi connectivity index (χ1n) is 8.94. The highest BCUT2D eigenvalue weighted by Crippen LogP contribution is 2.52. The summed E-state index contributed by atoms with van der Waals surface area (Å²) >= 11 is 0. The molecule has 1 fully saturated rings. The standard InChI is InChI=1S/C20H25NO/c1-22-18-7-6-17-8-10-21-9-2-3-16-11-14-4-5-15(14)12-19(16)20(17,21)13-18/h6,11-12,18H,2-5,7-10,13H2,1H3. The van der Waals surface area contributed by atoms with Crippen molar-refractivity contribution in [2.75, 3.05) is 20.2 Å². The van der Waals surface area contributed by atoms with Crippen LogP contribution in [0, 0.1) is 0 Å². The maximum atomic E-state index is 5.80. The summed E-state index contributed by atoms with van der Waals surface area (Å²) in [6, 6.07) is 5.11. The van der Waals surface area contributed by atoms with E-state index in [9.17, 15) is 0 Å². The van der Waals surface area contributed by atoms with Crippen LogP contribution in [0.4, 0.5) is 0 Å². The van der Waals surface area contributed by atoms with Gasteiger partial charge in [0, 0.05) is 20.1 Å². The van der Waals surface area contributed by atoms with E-state index in [-0.39, 0.29) is 5.54 Å². The molecule has 2 atom stereocenters. The highest BCUT2D eigenvalue weighted by atomic mass is 16.5. The zero-order valence-electron chi connectivity index (χ0n) is 13.5. The lowest BCUT2D eigenvalue weighted by molar-refractivity contribution is 0.0347. The lowest BCUT2D eigenvalue weighted by Crippen LogP contribution is -2.46. The number of nitrogens with zero attached hydrogens (tertiary/aromatic N) is 1. The topological polar surface area (TPSA) is 12.5 Å². The Balaban J connectivity index is 1.73. The van der Waals surface area contributed by atoms with Gasteiger partial charge in [0.05, 0.1) is 11.6 Å². The summed E-state index contributed by atoms with van der Waals surface area (Å²) in [5.74, 6) is 0. The maximum Gasteiger partial charge on any atom is 0.0703 e. The highest BCUT2D eigenvalue weighted by molar-refractivity contribution is 5.52. The van der Waals surface area contributed by atoms with Gasteiger partial charge in [-0.15, -0.1) is 0 Å². The number of rotatable bonds is 1. The SMILES string of the molecule is COC1CC=C2CCN3CCCc4cc5c(cc4C23C1)CC5. The second kappa shape index (κ2) is 4.69. The van der Waals surface area contributed by atoms with E-state index in [1.54, 1.807) is 27.8 Å². The van der Waals surface area contributed by atoms with Crippen LogP contribution in [0.25, 0.3) is 0 Å². The molecule has 2 aliphatic carbocycles. The van der Waals surface area contributed by atoms with Gasteiger partial charge < -0.3 is 4.74 Å². The third kappa shape index (κ3) is 1.63. The molecule has 0 N–H and O–H groups in total. The number of hydrogen-bond acceptors (Lipinski definition) is 2. The minimum absolute atomic E-state index is 0.162. The van der Waals surface area contributed by atoms with Crippen LogP contribution in [-0.2, 0) is 29.5 Å². The van der Waals surface area contributed by atoms with Crippen molar-refractivity contribution in [2.45, 2.75) is 56.6 Å². The van der Waals surface area contributed by atoms with Gasteiger partial charge in [-0.2, -0.15) is 0 Å². The number of hydrogen-bond donors (Lipinski definition) is 0. The molecule has 1 spiro atoms. The third-order valence-electron chi connectivity index (χ3n) is 6.61. The van der Waals surface area contributed by atoms with Crippen molar-refractivity contribution in [1.82, 2.24) is 4.90 Å². The van der Waals surface area contributed by atoms with Gasteiger partial charge in [0.2, 0.25) is 0 Å². The van der Waals surface area contributed by atoms with Crippen LogP contribution < -0.4 is 0 Å². The zero-order chi connectivity index (χ0) is 14.7. The van der Waals surface area contributed by atoms with E-state index in [1.165, 1.54) is 45.2 Å². The number of fused-ring (bicyclic) bond motifs is 2. The summed E-state index contributed by atoms with van der Waals surface area (Å²) in [6.45, 7) is 2.48. The fourth-order valence-corrected chi connectivity index (χ4v) is 5.36. The monoisotopic (exact) mass is 295 g/mol. The van der Waals surface area contributed by atoms with Crippen LogP contribution in [-0.4, -0.2) is 31.2 Å². The average Bonchev–Trinajstić information content (AvgIpc) is 2.81. The Morgan fingerprint density at radius 2 is 1.91 bits per heavy atom. The Bertz CT molecular complexity index is 662. The summed E-state index contributed by atoms with van der Waals surface area (Å²) in [7, 11) is 1.88. The molecule has 0 bridgehead atoms. The number of benzene rings is 1. The van der Waals surface area contributed by atoms with Crippen molar-refractivity contribution in [3.05, 3.63) is 46.0 Å². The van der Waals surface area contributed by atoms with Crippen molar-refractivity contribution in [1.29, 1.82) is 0 Å². The van der Waals surface area contributed by atoms with Gasteiger partial charge in [-0.05, 0) is 72.9 Å². The summed E-state index contributed by atoms with van der Waals surface area (Å²) in [4.78, 5) is 2.78. The van der Waals surface area contributed by atoms with Crippen LogP contribution in [0.2, 0.25) is 0 Å². The van der Waals surface area contributed by atoms with Gasteiger partial charge in [-0.3, -0.25) is 4.90 Å². The van der Waals surface area contributed by atoms with Crippen LogP contribution >= 0.6 is 0 Å². The second-order valence-electron chi connectivity index (χ2n) is 7.51. The molecule has 116 valence electrons. The van der Waals surface area contributed by atoms with Gasteiger partial charge in [-0.25, -0.2) is 0 Å². The first-order chi connectivity index (χ1) is 10.8. The molecule has 0 radical (unpaired) electrons. The summed E-state index contributed by atoms with van der Waals surface area (Å²) in [5.41, 5.74) is 8.34. The Hall–Kier alpha value is -1.12. The van der Waals surface area contributed by atoms with E-state index < -0.39 is 0 Å². The third-order valence-corrected chi connectivity index (χ3v) is 6.61. The normalized spacial score (nSPS) is 33.0. The van der Waals surface area contributed by atoms with Crippen LogP contribution in [0.3, 0.4) is 0 Å². The minimum Gasteiger partial charge on any atom is -0.381 e. The largest absolute Gasteiger partial charge is 0.381 e. The molecule has 0 amide bonds. The van der Waals surface area contributed by atoms with Gasteiger partial charge in [0.25, 0.3) is 0 Å². The van der Waals surface area contributed by atoms with Crippen molar-refractivity contribution >= 4 is 0 Å². The first kappa shape index (κ1) is 13.3. The second-order valence-corrected chi connectivity index (χ2v) is 7.51. The van der Waals surface area contributed by atoms with Gasteiger partial charge in [0.15, 0.2) is 0 Å². The summed E-state index contributed by atoms with van der Waals surface area (Å²) in [6.07, 6.45) is 11.5. The van der Waals surface area contributed by atoms with Crippen molar-refractivity contribution in [3.8, 4) is 0 Å². The summed E-state index contributed by atoms with van der Waals surface area (Å²) < 4.78 is 5.80. The molecule has 22 heavy (non-hydrogen) atoms. The molecule has 2 nitrogen and oxygen atoms in total. The first-order valence-corrected chi connectivity index (χ1v) is 8.94. The number of aryl methyl sites for hydroxylation is 3. The lowest BCUT2D eigenvalue weighted by atomic mass is 9.71. The smallest absolute Gasteiger partial charge is 0.0703 e. The molecule has 1 aromatic rings. The number of ether oxygens (including phenoxy) is 1. The molecule has 2 heteroatoms. The molecule has 4 aliphatic rings. The van der Waals surface area contributed by atoms with E-state index in [2.05, 4.69) is 23.1 Å². The molecular formula is C20H25NO. The molecule has 0 aromatic heterocycles. The Morgan fingerprint density at radius 1 is 1.05 bits per heavy atom. The van der Waals surface area contributed by atoms with Crippen LogP contribution in [0.15, 0.2) is 23.8 Å². The van der Waals surface area contributed by atoms with E-state index in [4.69, 9.17) is 4.74 Å². The molecule has 5 rings (SSSR count). The lowest BCUT2D eigenvalue weighted by Gasteiger charge is -2.45. The van der Waals surface area contributed by atoms with E-state index in [1.807, 2.05) is 7.11 Å². The van der Waals surface area contributed by atoms with Gasteiger partial charge in [-0.1, -0.05) is 18.2 Å². The number of methoxy groups -OCH3 is 1. The molecule has 2 unspecified atom stereocenters. The van der Waals surface area contributed by atoms with Crippen molar-refractivity contribution < 1.29 is 4.74 Å². The fraction of sp³-hybridized carbons (Fsp3) is 0.600. The van der Waals surface area contributed by atoms with Gasteiger partial charge >= 0.3 is 0 Å². The van der Waals surface area contributed by atoms with E-state index >= 15 is 0 Å². The fourth-order valence-electron chi connectivity index (χ4n) is 5.36. The van der Waals surface area contributed by atoms with E-state index in [0.29, 0.717) is 6.10 Å². The predicted molar refractivity (Wildman–Crippen MR) is 88.2 cm³/mol. The van der Waals surface area contributed by atoms with Gasteiger partial charge in [0.1, 0.15) is 0 Å². The van der Waals surface area contributed by atoms with Crippen molar-refractivity contribution in [2.24, 2.45) is 0 Å². The molecule has 1 aromatic carbocycles. The molecule has 1 saturated heterocycles. The Kier molecular flexibility index (Phi) is 2.84. The minimum atomic E-state index is 0.162. The van der Waals surface area contributed by atoms with E-state index in [0.717, 1.165) is 12.8 Å². The highest BCUT2D eigenvalue weighted by Gasteiger charge is 2.51. The van der Waals surface area contributed by atoms with Crippen LogP contribution in [0.1, 0.15) is 47.9 Å².